The second-order valence-electron chi connectivity index (χ2n) is 12.6. The number of hydrogen-bond acceptors (Lipinski definition) is 7. The quantitative estimate of drug-likeness (QED) is 0.144. The number of nitrogens with zero attached hydrogens (tertiary/aromatic N) is 5. The van der Waals surface area contributed by atoms with E-state index >= 15 is 0 Å². The van der Waals surface area contributed by atoms with Gasteiger partial charge in [0.15, 0.2) is 12.6 Å². The van der Waals surface area contributed by atoms with Crippen molar-refractivity contribution in [2.75, 3.05) is 53.0 Å². The maximum absolute atomic E-state index is 11.5. The summed E-state index contributed by atoms with van der Waals surface area (Å²) < 4.78 is 15.2. The number of rotatable bonds is 9. The molecule has 0 spiro atoms. The Morgan fingerprint density at radius 1 is 0.804 bits per heavy atom. The summed E-state index contributed by atoms with van der Waals surface area (Å²) in [5.74, 6) is 0.732. The van der Waals surface area contributed by atoms with Crippen LogP contribution >= 0.6 is 0 Å². The molecule has 0 bridgehead atoms. The molecule has 0 N–H and O–H groups in total. The SMILES string of the molecule is CC.CN1CCCC1c1cccc(-c2c(C=O)cc3ccccn23)c1.O=Cc1cc2ccccn2c1-c1ccc(OCCN2CCOCC2)cn1. The lowest BCUT2D eigenvalue weighted by Crippen LogP contribution is -2.38. The number of fused-ring (bicyclic) bond motifs is 2. The molecule has 2 aliphatic heterocycles. The number of benzene rings is 1. The van der Waals surface area contributed by atoms with Crippen molar-refractivity contribution in [3.8, 4) is 28.4 Å². The number of carbonyl (C=O) groups is 2. The summed E-state index contributed by atoms with van der Waals surface area (Å²) in [5, 5.41) is 0. The van der Waals surface area contributed by atoms with Crippen molar-refractivity contribution in [2.24, 2.45) is 0 Å². The molecule has 51 heavy (non-hydrogen) atoms. The third-order valence-corrected chi connectivity index (χ3v) is 9.50. The minimum Gasteiger partial charge on any atom is -0.491 e. The smallest absolute Gasteiger partial charge is 0.152 e. The van der Waals surface area contributed by atoms with Gasteiger partial charge in [-0.1, -0.05) is 44.2 Å². The topological polar surface area (TPSA) is 80.8 Å². The summed E-state index contributed by atoms with van der Waals surface area (Å²) in [6.07, 6.45) is 9.95. The Labute approximate surface area is 300 Å². The number of carbonyl (C=O) groups excluding carboxylic acids is 2. The Morgan fingerprint density at radius 2 is 1.49 bits per heavy atom. The fourth-order valence-corrected chi connectivity index (χ4v) is 6.99. The predicted molar refractivity (Wildman–Crippen MR) is 203 cm³/mol. The molecular weight excluding hydrogens is 638 g/mol. The van der Waals surface area contributed by atoms with E-state index in [0.29, 0.717) is 18.2 Å². The molecule has 8 rings (SSSR count). The highest BCUT2D eigenvalue weighted by atomic mass is 16.5. The summed E-state index contributed by atoms with van der Waals surface area (Å²) in [6, 6.07) is 28.6. The monoisotopic (exact) mass is 685 g/mol. The molecule has 1 unspecified atom stereocenters. The third kappa shape index (κ3) is 8.12. The highest BCUT2D eigenvalue weighted by Crippen LogP contribution is 2.34. The lowest BCUT2D eigenvalue weighted by Gasteiger charge is -2.26. The highest BCUT2D eigenvalue weighted by molar-refractivity contribution is 5.90. The van der Waals surface area contributed by atoms with Crippen LogP contribution in [0.1, 0.15) is 59.0 Å². The molecule has 9 heteroatoms. The van der Waals surface area contributed by atoms with Gasteiger partial charge in [-0.05, 0) is 92.2 Å². The average molecular weight is 686 g/mol. The normalized spacial score (nSPS) is 16.3. The molecule has 0 aliphatic carbocycles. The molecule has 7 heterocycles. The first kappa shape index (κ1) is 35.7. The Kier molecular flexibility index (Phi) is 12.1. The van der Waals surface area contributed by atoms with Crippen LogP contribution in [0.25, 0.3) is 33.7 Å². The zero-order valence-corrected chi connectivity index (χ0v) is 29.8. The molecule has 2 aliphatic rings. The lowest BCUT2D eigenvalue weighted by atomic mass is 9.99. The zero-order chi connectivity index (χ0) is 35.6. The van der Waals surface area contributed by atoms with Gasteiger partial charge in [-0.25, -0.2) is 0 Å². The second-order valence-corrected chi connectivity index (χ2v) is 12.6. The van der Waals surface area contributed by atoms with Gasteiger partial charge >= 0.3 is 0 Å². The largest absolute Gasteiger partial charge is 0.491 e. The fourth-order valence-electron chi connectivity index (χ4n) is 6.99. The van der Waals surface area contributed by atoms with Gasteiger partial charge in [0.25, 0.3) is 0 Å². The Balaban J connectivity index is 0.000000169. The van der Waals surface area contributed by atoms with Crippen LogP contribution in [-0.2, 0) is 4.74 Å². The number of aldehydes is 2. The Morgan fingerprint density at radius 3 is 2.12 bits per heavy atom. The third-order valence-electron chi connectivity index (χ3n) is 9.50. The number of ether oxygens (including phenoxy) is 2. The molecule has 2 fully saturated rings. The van der Waals surface area contributed by atoms with Gasteiger partial charge < -0.3 is 18.3 Å². The minimum atomic E-state index is 0.487. The summed E-state index contributed by atoms with van der Waals surface area (Å²) in [4.78, 5) is 32.2. The van der Waals surface area contributed by atoms with E-state index in [1.807, 2.05) is 91.3 Å². The van der Waals surface area contributed by atoms with Crippen LogP contribution in [0.2, 0.25) is 0 Å². The van der Waals surface area contributed by atoms with Crippen molar-refractivity contribution in [3.63, 3.8) is 0 Å². The van der Waals surface area contributed by atoms with Gasteiger partial charge in [-0.2, -0.15) is 0 Å². The van der Waals surface area contributed by atoms with Crippen molar-refractivity contribution in [1.29, 1.82) is 0 Å². The van der Waals surface area contributed by atoms with Gasteiger partial charge in [0, 0.05) is 60.2 Å². The minimum absolute atomic E-state index is 0.487. The van der Waals surface area contributed by atoms with Crippen LogP contribution in [0.3, 0.4) is 0 Å². The van der Waals surface area contributed by atoms with E-state index < -0.39 is 0 Å². The first-order valence-electron chi connectivity index (χ1n) is 17.9. The number of morpholine rings is 1. The standard InChI is InChI=1S/C20H21N3O3.C20H20N2O.C2H6/c24-15-16-13-17-3-1-2-6-23(17)20(16)19-5-4-18(14-21-19)26-12-9-22-7-10-25-11-8-22;1-21-10-5-9-19(21)15-6-4-7-16(12-15)20-17(14-23)13-18-8-2-3-11-22(18)20;1-2/h1-6,13-15H,7-12H2;2-4,6-8,11-14,19H,5,9-10H2,1H3;1-2H3. The number of pyridine rings is 3. The molecule has 1 atom stereocenters. The van der Waals surface area contributed by atoms with E-state index in [1.54, 1.807) is 6.20 Å². The fraction of sp³-hybridized carbons (Fsp3) is 0.310. The van der Waals surface area contributed by atoms with E-state index in [0.717, 1.165) is 97.0 Å². The van der Waals surface area contributed by atoms with Gasteiger partial charge in [-0.3, -0.25) is 24.4 Å². The van der Waals surface area contributed by atoms with Gasteiger partial charge in [0.1, 0.15) is 12.4 Å². The number of aromatic nitrogens is 3. The van der Waals surface area contributed by atoms with Gasteiger partial charge in [-0.15, -0.1) is 0 Å². The Bertz CT molecular complexity index is 2040. The highest BCUT2D eigenvalue weighted by Gasteiger charge is 2.23. The molecule has 264 valence electrons. The van der Waals surface area contributed by atoms with Crippen LogP contribution in [0.4, 0.5) is 0 Å². The zero-order valence-electron chi connectivity index (χ0n) is 29.8. The molecule has 6 aromatic rings. The van der Waals surface area contributed by atoms with Crippen LogP contribution in [-0.4, -0.2) is 89.2 Å². The van der Waals surface area contributed by atoms with E-state index in [-0.39, 0.29) is 0 Å². The first-order chi connectivity index (χ1) is 25.1. The molecule has 0 saturated carbocycles. The predicted octanol–water partition coefficient (Wildman–Crippen LogP) is 7.74. The number of likely N-dealkylation sites (tertiary alicyclic amines) is 1. The first-order valence-corrected chi connectivity index (χ1v) is 17.9. The molecule has 2 saturated heterocycles. The van der Waals surface area contributed by atoms with Crippen LogP contribution in [0, 0.1) is 0 Å². The average Bonchev–Trinajstić information content (AvgIpc) is 3.91. The number of hydrogen-bond donors (Lipinski definition) is 0. The van der Waals surface area contributed by atoms with Crippen LogP contribution in [0.15, 0.2) is 104 Å². The van der Waals surface area contributed by atoms with Crippen molar-refractivity contribution >= 4 is 23.6 Å². The van der Waals surface area contributed by atoms with E-state index in [2.05, 4.69) is 50.5 Å². The summed E-state index contributed by atoms with van der Waals surface area (Å²) in [7, 11) is 2.19. The molecule has 0 radical (unpaired) electrons. The van der Waals surface area contributed by atoms with E-state index in [4.69, 9.17) is 9.47 Å². The van der Waals surface area contributed by atoms with Crippen molar-refractivity contribution < 1.29 is 19.1 Å². The van der Waals surface area contributed by atoms with Gasteiger partial charge in [0.05, 0.1) is 36.5 Å². The molecule has 9 nitrogen and oxygen atoms in total. The summed E-state index contributed by atoms with van der Waals surface area (Å²) >= 11 is 0. The summed E-state index contributed by atoms with van der Waals surface area (Å²) in [5.41, 5.74) is 8.37. The Hall–Kier alpha value is -5.09. The van der Waals surface area contributed by atoms with Crippen LogP contribution in [0.5, 0.6) is 5.75 Å². The van der Waals surface area contributed by atoms with Gasteiger partial charge in [0.2, 0.25) is 0 Å². The lowest BCUT2D eigenvalue weighted by molar-refractivity contribution is 0.0322. The van der Waals surface area contributed by atoms with Crippen LogP contribution < -0.4 is 4.74 Å². The van der Waals surface area contributed by atoms with Crippen molar-refractivity contribution in [2.45, 2.75) is 32.7 Å². The van der Waals surface area contributed by atoms with Crippen molar-refractivity contribution in [1.82, 2.24) is 23.6 Å². The molecule has 0 amide bonds. The maximum atomic E-state index is 11.5. The maximum Gasteiger partial charge on any atom is 0.152 e. The van der Waals surface area contributed by atoms with E-state index in [1.165, 1.54) is 18.4 Å². The molecule has 5 aromatic heterocycles. The molecule has 1 aromatic carbocycles. The van der Waals surface area contributed by atoms with E-state index in [9.17, 15) is 9.59 Å². The second kappa shape index (κ2) is 17.2. The molecular formula is C42H47N5O4. The van der Waals surface area contributed by atoms with Crippen molar-refractivity contribution in [3.05, 3.63) is 120 Å². The summed E-state index contributed by atoms with van der Waals surface area (Å²) in [6.45, 7) is 10.1.